The van der Waals surface area contributed by atoms with Gasteiger partial charge in [0.25, 0.3) is 0 Å². The van der Waals surface area contributed by atoms with E-state index in [1.54, 1.807) is 13.1 Å². The molecule has 0 fully saturated rings. The summed E-state index contributed by atoms with van der Waals surface area (Å²) < 4.78 is 0. The van der Waals surface area contributed by atoms with Crippen LogP contribution in [-0.2, 0) is 0 Å². The molecule has 3 nitrogen and oxygen atoms in total. The number of aliphatic hydroxyl groups is 1. The second-order valence-electron chi connectivity index (χ2n) is 4.62. The Hall–Kier alpha value is -1.87. The monoisotopic (exact) mass is 256 g/mol. The lowest BCUT2D eigenvalue weighted by molar-refractivity contribution is 0.199. The van der Waals surface area contributed by atoms with Crippen LogP contribution in [0.5, 0.6) is 0 Å². The normalized spacial score (nSPS) is 12.2. The van der Waals surface area contributed by atoms with Crippen molar-refractivity contribution in [1.82, 2.24) is 4.98 Å². The Balaban J connectivity index is 2.52. The molecule has 3 heteroatoms. The van der Waals surface area contributed by atoms with Crippen LogP contribution in [0.25, 0.3) is 0 Å². The molecule has 2 rings (SSSR count). The molecule has 1 heterocycles. The molecule has 1 aromatic heterocycles. The van der Waals surface area contributed by atoms with Gasteiger partial charge in [0, 0.05) is 24.0 Å². The van der Waals surface area contributed by atoms with Crippen molar-refractivity contribution in [2.45, 2.75) is 26.9 Å². The molecule has 0 aliphatic carbocycles. The van der Waals surface area contributed by atoms with Crippen molar-refractivity contribution in [3.8, 4) is 0 Å². The highest BCUT2D eigenvalue weighted by Crippen LogP contribution is 2.31. The summed E-state index contributed by atoms with van der Waals surface area (Å²) >= 11 is 0. The SMILES string of the molecule is CCN(c1ccccc1C)c1ncccc1[C@H](C)O. The molecular formula is C16H20N2O. The summed E-state index contributed by atoms with van der Waals surface area (Å²) in [5.41, 5.74) is 3.18. The van der Waals surface area contributed by atoms with Gasteiger partial charge < -0.3 is 10.0 Å². The van der Waals surface area contributed by atoms with E-state index in [1.807, 2.05) is 24.3 Å². The van der Waals surface area contributed by atoms with E-state index in [1.165, 1.54) is 5.56 Å². The first-order valence-corrected chi connectivity index (χ1v) is 6.61. The third kappa shape index (κ3) is 2.76. The van der Waals surface area contributed by atoms with E-state index >= 15 is 0 Å². The van der Waals surface area contributed by atoms with Gasteiger partial charge in [-0.1, -0.05) is 24.3 Å². The number of para-hydroxylation sites is 1. The molecule has 100 valence electrons. The van der Waals surface area contributed by atoms with Crippen LogP contribution in [0.4, 0.5) is 11.5 Å². The molecule has 0 saturated heterocycles. The average molecular weight is 256 g/mol. The van der Waals surface area contributed by atoms with Crippen molar-refractivity contribution in [3.05, 3.63) is 53.7 Å². The Labute approximate surface area is 114 Å². The molecule has 0 spiro atoms. The Morgan fingerprint density at radius 3 is 2.58 bits per heavy atom. The van der Waals surface area contributed by atoms with E-state index < -0.39 is 6.10 Å². The Bertz CT molecular complexity index is 552. The molecule has 0 radical (unpaired) electrons. The molecule has 0 aliphatic rings. The number of aromatic nitrogens is 1. The van der Waals surface area contributed by atoms with Gasteiger partial charge in [0.15, 0.2) is 0 Å². The van der Waals surface area contributed by atoms with Crippen LogP contribution in [0.3, 0.4) is 0 Å². The van der Waals surface area contributed by atoms with Crippen molar-refractivity contribution in [3.63, 3.8) is 0 Å². The third-order valence-corrected chi connectivity index (χ3v) is 3.25. The summed E-state index contributed by atoms with van der Waals surface area (Å²) in [4.78, 5) is 6.59. The van der Waals surface area contributed by atoms with Gasteiger partial charge in [-0.25, -0.2) is 4.98 Å². The fourth-order valence-corrected chi connectivity index (χ4v) is 2.26. The van der Waals surface area contributed by atoms with Gasteiger partial charge in [-0.3, -0.25) is 0 Å². The van der Waals surface area contributed by atoms with Gasteiger partial charge in [0.1, 0.15) is 5.82 Å². The quantitative estimate of drug-likeness (QED) is 0.908. The van der Waals surface area contributed by atoms with Crippen LogP contribution >= 0.6 is 0 Å². The van der Waals surface area contributed by atoms with Crippen molar-refractivity contribution in [1.29, 1.82) is 0 Å². The first kappa shape index (κ1) is 13.6. The summed E-state index contributed by atoms with van der Waals surface area (Å²) in [6.07, 6.45) is 1.24. The van der Waals surface area contributed by atoms with E-state index in [-0.39, 0.29) is 0 Å². The van der Waals surface area contributed by atoms with E-state index in [0.29, 0.717) is 0 Å². The van der Waals surface area contributed by atoms with Crippen molar-refractivity contribution in [2.75, 3.05) is 11.4 Å². The van der Waals surface area contributed by atoms with Gasteiger partial charge >= 0.3 is 0 Å². The summed E-state index contributed by atoms with van der Waals surface area (Å²) in [6.45, 7) is 6.75. The van der Waals surface area contributed by atoms with Crippen LogP contribution < -0.4 is 4.90 Å². The molecule has 1 N–H and O–H groups in total. The van der Waals surface area contributed by atoms with E-state index in [2.05, 4.69) is 35.9 Å². The lowest BCUT2D eigenvalue weighted by atomic mass is 10.1. The van der Waals surface area contributed by atoms with Crippen LogP contribution in [0.15, 0.2) is 42.6 Å². The second-order valence-corrected chi connectivity index (χ2v) is 4.62. The lowest BCUT2D eigenvalue weighted by Gasteiger charge is -2.26. The number of aryl methyl sites for hydroxylation is 1. The number of anilines is 2. The topological polar surface area (TPSA) is 36.4 Å². The Morgan fingerprint density at radius 2 is 1.95 bits per heavy atom. The molecule has 2 aromatic rings. The summed E-state index contributed by atoms with van der Waals surface area (Å²) in [5.74, 6) is 0.828. The fraction of sp³-hybridized carbons (Fsp3) is 0.312. The highest BCUT2D eigenvalue weighted by molar-refractivity contribution is 5.66. The predicted octanol–water partition coefficient (Wildman–Crippen LogP) is 3.60. The van der Waals surface area contributed by atoms with Crippen molar-refractivity contribution < 1.29 is 5.11 Å². The maximum atomic E-state index is 9.90. The zero-order valence-corrected chi connectivity index (χ0v) is 11.7. The van der Waals surface area contributed by atoms with Gasteiger partial charge in [-0.15, -0.1) is 0 Å². The standard InChI is InChI=1S/C16H20N2O/c1-4-18(15-10-6-5-8-12(15)2)16-14(13(3)19)9-7-11-17-16/h5-11,13,19H,4H2,1-3H3/t13-/m0/s1. The van der Waals surface area contributed by atoms with Crippen molar-refractivity contribution in [2.24, 2.45) is 0 Å². The molecule has 19 heavy (non-hydrogen) atoms. The minimum absolute atomic E-state index is 0.526. The summed E-state index contributed by atoms with van der Waals surface area (Å²) in [5, 5.41) is 9.90. The molecular weight excluding hydrogens is 236 g/mol. The van der Waals surface area contributed by atoms with Crippen molar-refractivity contribution >= 4 is 11.5 Å². The highest BCUT2D eigenvalue weighted by Gasteiger charge is 2.16. The molecule has 0 aliphatic heterocycles. The highest BCUT2D eigenvalue weighted by atomic mass is 16.3. The summed E-state index contributed by atoms with van der Waals surface area (Å²) in [6, 6.07) is 12.0. The van der Waals surface area contributed by atoms with Crippen LogP contribution in [0.2, 0.25) is 0 Å². The molecule has 1 atom stereocenters. The number of hydrogen-bond acceptors (Lipinski definition) is 3. The van der Waals surface area contributed by atoms with Gasteiger partial charge in [-0.2, -0.15) is 0 Å². The number of rotatable bonds is 4. The first-order valence-electron chi connectivity index (χ1n) is 6.61. The Kier molecular flexibility index (Phi) is 4.17. The van der Waals surface area contributed by atoms with E-state index in [0.717, 1.165) is 23.6 Å². The largest absolute Gasteiger partial charge is 0.389 e. The molecule has 0 bridgehead atoms. The minimum Gasteiger partial charge on any atom is -0.389 e. The fourth-order valence-electron chi connectivity index (χ4n) is 2.26. The number of pyridine rings is 1. The number of aliphatic hydroxyl groups excluding tert-OH is 1. The van der Waals surface area contributed by atoms with Crippen LogP contribution in [-0.4, -0.2) is 16.6 Å². The number of benzene rings is 1. The van der Waals surface area contributed by atoms with Gasteiger partial charge in [0.05, 0.1) is 6.10 Å². The number of nitrogens with zero attached hydrogens (tertiary/aromatic N) is 2. The number of hydrogen-bond donors (Lipinski definition) is 1. The molecule has 0 amide bonds. The Morgan fingerprint density at radius 1 is 1.21 bits per heavy atom. The molecule has 1 aromatic carbocycles. The molecule has 0 saturated carbocycles. The lowest BCUT2D eigenvalue weighted by Crippen LogP contribution is -2.20. The second kappa shape index (κ2) is 5.85. The van der Waals surface area contributed by atoms with Crippen LogP contribution in [0.1, 0.15) is 31.1 Å². The maximum Gasteiger partial charge on any atom is 0.138 e. The van der Waals surface area contributed by atoms with E-state index in [4.69, 9.17) is 0 Å². The smallest absolute Gasteiger partial charge is 0.138 e. The van der Waals surface area contributed by atoms with Crippen LogP contribution in [0, 0.1) is 6.92 Å². The molecule has 0 unspecified atom stereocenters. The predicted molar refractivity (Wildman–Crippen MR) is 78.7 cm³/mol. The first-order chi connectivity index (χ1) is 9.15. The zero-order valence-electron chi connectivity index (χ0n) is 11.7. The minimum atomic E-state index is -0.526. The average Bonchev–Trinajstić information content (AvgIpc) is 2.42. The van der Waals surface area contributed by atoms with E-state index in [9.17, 15) is 5.11 Å². The summed E-state index contributed by atoms with van der Waals surface area (Å²) in [7, 11) is 0. The maximum absolute atomic E-state index is 9.90. The third-order valence-electron chi connectivity index (χ3n) is 3.25. The van der Waals surface area contributed by atoms with Gasteiger partial charge in [0.2, 0.25) is 0 Å². The van der Waals surface area contributed by atoms with Gasteiger partial charge in [-0.05, 0) is 38.5 Å². The zero-order chi connectivity index (χ0) is 13.8.